The van der Waals surface area contributed by atoms with Crippen LogP contribution in [0.25, 0.3) is 0 Å². The Balaban J connectivity index is 0.000000563. The molecule has 2 aromatic carbocycles. The minimum absolute atomic E-state index is 0.134. The van der Waals surface area contributed by atoms with Crippen LogP contribution < -0.4 is 11.1 Å². The van der Waals surface area contributed by atoms with E-state index in [0.717, 1.165) is 24.2 Å². The van der Waals surface area contributed by atoms with Gasteiger partial charge in [0.15, 0.2) is 0 Å². The summed E-state index contributed by atoms with van der Waals surface area (Å²) in [6, 6.07) is 16.6. The van der Waals surface area contributed by atoms with Crippen LogP contribution in [0, 0.1) is 10.8 Å². The summed E-state index contributed by atoms with van der Waals surface area (Å²) in [6.07, 6.45) is 6.03. The Kier molecular flexibility index (Phi) is 11.8. The van der Waals surface area contributed by atoms with Gasteiger partial charge >= 0.3 is 0 Å². The van der Waals surface area contributed by atoms with Crippen LogP contribution in [0.3, 0.4) is 0 Å². The molecule has 29 heavy (non-hydrogen) atoms. The van der Waals surface area contributed by atoms with E-state index >= 15 is 0 Å². The van der Waals surface area contributed by atoms with Crippen LogP contribution in [0.2, 0.25) is 0 Å². The van der Waals surface area contributed by atoms with Crippen LogP contribution >= 0.6 is 0 Å². The summed E-state index contributed by atoms with van der Waals surface area (Å²) >= 11 is 0. The molecule has 0 aromatic heterocycles. The molecule has 0 atom stereocenters. The largest absolute Gasteiger partial charge is 0.399 e. The standard InChI is InChI=1S/C15H18N2.C10H18.C2H6/c1-17-15-7-3-5-13(11-15)9-8-12-4-2-6-14(16)10-12;1-7-9(3,4)10(5,6)8-2;1-2/h2-7,10-11,17H,8-9,16H2,1H3;7-8H,1-2H2,3-6H3;1-2H3. The van der Waals surface area contributed by atoms with E-state index in [-0.39, 0.29) is 10.8 Å². The molecule has 2 heteroatoms. The molecule has 160 valence electrons. The minimum atomic E-state index is 0.134. The van der Waals surface area contributed by atoms with Crippen LogP contribution in [-0.4, -0.2) is 7.05 Å². The van der Waals surface area contributed by atoms with E-state index in [1.54, 1.807) is 0 Å². The fourth-order valence-electron chi connectivity index (χ4n) is 2.45. The van der Waals surface area contributed by atoms with Crippen molar-refractivity contribution in [3.63, 3.8) is 0 Å². The Bertz CT molecular complexity index is 724. The number of hydrogen-bond acceptors (Lipinski definition) is 2. The highest BCUT2D eigenvalue weighted by Gasteiger charge is 2.30. The molecule has 0 spiro atoms. The molecule has 2 aromatic rings. The first-order valence-corrected chi connectivity index (χ1v) is 10.5. The number of nitrogen functional groups attached to an aromatic ring is 1. The predicted molar refractivity (Wildman–Crippen MR) is 134 cm³/mol. The fourth-order valence-corrected chi connectivity index (χ4v) is 2.45. The molecule has 3 N–H and O–H groups in total. The number of aryl methyl sites for hydroxylation is 2. The summed E-state index contributed by atoms with van der Waals surface area (Å²) in [7, 11) is 1.94. The second-order valence-corrected chi connectivity index (χ2v) is 8.05. The van der Waals surface area contributed by atoms with Gasteiger partial charge in [0.2, 0.25) is 0 Å². The minimum Gasteiger partial charge on any atom is -0.399 e. The highest BCUT2D eigenvalue weighted by atomic mass is 14.8. The molecule has 0 heterocycles. The summed E-state index contributed by atoms with van der Waals surface area (Å²) in [4.78, 5) is 0. The molecule has 0 aliphatic rings. The normalized spacial score (nSPS) is 10.6. The van der Waals surface area contributed by atoms with Crippen LogP contribution in [0.4, 0.5) is 11.4 Å². The second-order valence-electron chi connectivity index (χ2n) is 8.05. The lowest BCUT2D eigenvalue weighted by Gasteiger charge is -2.36. The first-order chi connectivity index (χ1) is 13.6. The van der Waals surface area contributed by atoms with Crippen LogP contribution in [0.15, 0.2) is 73.8 Å². The molecule has 0 saturated heterocycles. The summed E-state index contributed by atoms with van der Waals surface area (Å²) < 4.78 is 0. The maximum Gasteiger partial charge on any atom is 0.0340 e. The van der Waals surface area contributed by atoms with E-state index in [1.807, 2.05) is 51.2 Å². The molecule has 0 bridgehead atoms. The Morgan fingerprint density at radius 3 is 1.69 bits per heavy atom. The zero-order chi connectivity index (χ0) is 22.5. The Labute approximate surface area is 179 Å². The first kappa shape index (κ1) is 26.5. The van der Waals surface area contributed by atoms with Crippen molar-refractivity contribution in [2.75, 3.05) is 18.1 Å². The van der Waals surface area contributed by atoms with Crippen LogP contribution in [0.5, 0.6) is 0 Å². The quantitative estimate of drug-likeness (QED) is 0.376. The summed E-state index contributed by atoms with van der Waals surface area (Å²) in [5.41, 5.74) is 10.7. The Morgan fingerprint density at radius 1 is 0.828 bits per heavy atom. The van der Waals surface area contributed by atoms with E-state index in [9.17, 15) is 0 Å². The number of nitrogens with one attached hydrogen (secondary N) is 1. The van der Waals surface area contributed by atoms with Gasteiger partial charge in [-0.1, -0.05) is 78.0 Å². The van der Waals surface area contributed by atoms with Crippen LogP contribution in [-0.2, 0) is 12.8 Å². The second kappa shape index (κ2) is 12.9. The third kappa shape index (κ3) is 9.04. The number of rotatable bonds is 7. The third-order valence-corrected chi connectivity index (χ3v) is 5.55. The van der Waals surface area contributed by atoms with E-state index in [1.165, 1.54) is 11.1 Å². The molecular formula is C27H42N2. The molecule has 0 fully saturated rings. The number of nitrogens with two attached hydrogens (primary N) is 1. The number of hydrogen-bond donors (Lipinski definition) is 2. The van der Waals surface area contributed by atoms with Crippen molar-refractivity contribution < 1.29 is 0 Å². The molecule has 0 saturated carbocycles. The van der Waals surface area contributed by atoms with E-state index in [2.05, 4.69) is 76.5 Å². The first-order valence-electron chi connectivity index (χ1n) is 10.5. The molecule has 0 aliphatic heterocycles. The monoisotopic (exact) mass is 394 g/mol. The molecule has 0 aliphatic carbocycles. The SMILES string of the molecule is C=CC(C)(C)C(C)(C)C=C.CC.CNc1cccc(CCc2cccc(N)c2)c1. The van der Waals surface area contributed by atoms with Gasteiger partial charge in [-0.15, -0.1) is 13.2 Å². The van der Waals surface area contributed by atoms with E-state index in [0.29, 0.717) is 0 Å². The summed E-state index contributed by atoms with van der Waals surface area (Å²) in [6.45, 7) is 20.3. The maximum atomic E-state index is 5.76. The van der Waals surface area contributed by atoms with Crippen molar-refractivity contribution in [2.45, 2.75) is 54.4 Å². The lowest BCUT2D eigenvalue weighted by molar-refractivity contribution is 0.234. The Morgan fingerprint density at radius 2 is 1.28 bits per heavy atom. The summed E-state index contributed by atoms with van der Waals surface area (Å²) in [5.74, 6) is 0. The lowest BCUT2D eigenvalue weighted by atomic mass is 9.68. The van der Waals surface area contributed by atoms with Crippen molar-refractivity contribution in [1.29, 1.82) is 0 Å². The highest BCUT2D eigenvalue weighted by molar-refractivity contribution is 5.45. The van der Waals surface area contributed by atoms with Gasteiger partial charge in [-0.2, -0.15) is 0 Å². The van der Waals surface area contributed by atoms with Gasteiger partial charge in [0.1, 0.15) is 0 Å². The van der Waals surface area contributed by atoms with Gasteiger partial charge in [0.25, 0.3) is 0 Å². The number of allylic oxidation sites excluding steroid dienone is 2. The van der Waals surface area contributed by atoms with Gasteiger partial charge in [0.05, 0.1) is 0 Å². The fraction of sp³-hybridized carbons (Fsp3) is 0.407. The molecular weight excluding hydrogens is 352 g/mol. The Hall–Kier alpha value is -2.48. The van der Waals surface area contributed by atoms with Crippen molar-refractivity contribution in [2.24, 2.45) is 10.8 Å². The molecule has 0 unspecified atom stereocenters. The van der Waals surface area contributed by atoms with Crippen molar-refractivity contribution in [3.05, 3.63) is 85.0 Å². The van der Waals surface area contributed by atoms with Gasteiger partial charge in [-0.3, -0.25) is 0 Å². The topological polar surface area (TPSA) is 38.0 Å². The smallest absolute Gasteiger partial charge is 0.0340 e. The number of anilines is 2. The molecule has 0 radical (unpaired) electrons. The van der Waals surface area contributed by atoms with Gasteiger partial charge in [-0.05, 0) is 59.1 Å². The zero-order valence-corrected chi connectivity index (χ0v) is 19.7. The molecule has 2 rings (SSSR count). The van der Waals surface area contributed by atoms with Crippen LogP contribution in [0.1, 0.15) is 52.7 Å². The van der Waals surface area contributed by atoms with Crippen molar-refractivity contribution in [1.82, 2.24) is 0 Å². The molecule has 0 amide bonds. The average Bonchev–Trinajstić information content (AvgIpc) is 2.74. The summed E-state index contributed by atoms with van der Waals surface area (Å²) in [5, 5.41) is 3.15. The predicted octanol–water partition coefficient (Wildman–Crippen LogP) is 7.53. The maximum absolute atomic E-state index is 5.76. The van der Waals surface area contributed by atoms with Crippen molar-refractivity contribution in [3.8, 4) is 0 Å². The highest BCUT2D eigenvalue weighted by Crippen LogP contribution is 2.39. The van der Waals surface area contributed by atoms with Crippen molar-refractivity contribution >= 4 is 11.4 Å². The zero-order valence-electron chi connectivity index (χ0n) is 19.7. The average molecular weight is 395 g/mol. The molecule has 2 nitrogen and oxygen atoms in total. The number of benzene rings is 2. The van der Waals surface area contributed by atoms with Gasteiger partial charge < -0.3 is 11.1 Å². The van der Waals surface area contributed by atoms with Gasteiger partial charge in [0, 0.05) is 18.4 Å². The van der Waals surface area contributed by atoms with Gasteiger partial charge in [-0.25, -0.2) is 0 Å². The van der Waals surface area contributed by atoms with E-state index < -0.39 is 0 Å². The van der Waals surface area contributed by atoms with E-state index in [4.69, 9.17) is 5.73 Å². The third-order valence-electron chi connectivity index (χ3n) is 5.55. The lowest BCUT2D eigenvalue weighted by Crippen LogP contribution is -2.27.